The lowest BCUT2D eigenvalue weighted by molar-refractivity contribution is -0.119. The second kappa shape index (κ2) is 11.2. The summed E-state index contributed by atoms with van der Waals surface area (Å²) in [5.74, 6) is -1.02. The number of anilines is 1. The second-order valence-corrected chi connectivity index (χ2v) is 7.95. The molecule has 3 amide bonds. The largest absolute Gasteiger partial charge is 0.322 e. The minimum absolute atomic E-state index is 0.0376. The Hall–Kier alpha value is -3.75. The molecular formula is C24H21ClN4O3S. The minimum atomic E-state index is -0.457. The fraction of sp³-hybridized carbons (Fsp3) is 0.0833. The third kappa shape index (κ3) is 7.13. The van der Waals surface area contributed by atoms with E-state index in [1.807, 2.05) is 19.1 Å². The van der Waals surface area contributed by atoms with Crippen molar-refractivity contribution in [2.75, 3.05) is 5.32 Å². The first-order valence-corrected chi connectivity index (χ1v) is 10.7. The number of aryl methyl sites for hydroxylation is 1. The lowest BCUT2D eigenvalue weighted by Crippen LogP contribution is -2.48. The number of halogens is 1. The molecule has 0 aliphatic heterocycles. The average Bonchev–Trinajstić information content (AvgIpc) is 2.79. The van der Waals surface area contributed by atoms with Gasteiger partial charge in [-0.25, -0.2) is 0 Å². The molecule has 0 fully saturated rings. The van der Waals surface area contributed by atoms with Crippen LogP contribution in [0.4, 0.5) is 5.69 Å². The van der Waals surface area contributed by atoms with E-state index in [4.69, 9.17) is 23.8 Å². The van der Waals surface area contributed by atoms with Gasteiger partial charge in [-0.3, -0.25) is 25.2 Å². The summed E-state index contributed by atoms with van der Waals surface area (Å²) in [7, 11) is 0. The topological polar surface area (TPSA) is 99.3 Å². The van der Waals surface area contributed by atoms with Crippen molar-refractivity contribution in [1.29, 1.82) is 0 Å². The van der Waals surface area contributed by atoms with E-state index in [2.05, 4.69) is 21.5 Å². The van der Waals surface area contributed by atoms with Crippen molar-refractivity contribution < 1.29 is 14.4 Å². The maximum absolute atomic E-state index is 12.4. The molecule has 0 heterocycles. The first-order chi connectivity index (χ1) is 15.8. The van der Waals surface area contributed by atoms with E-state index in [-0.39, 0.29) is 23.3 Å². The van der Waals surface area contributed by atoms with Crippen LogP contribution in [0.2, 0.25) is 5.02 Å². The lowest BCUT2D eigenvalue weighted by Gasteiger charge is -2.11. The molecule has 0 saturated carbocycles. The van der Waals surface area contributed by atoms with Crippen LogP contribution < -0.4 is 21.5 Å². The SMILES string of the molecule is Cc1ccccc1C(=O)Nc1ccc(C(=O)NNC(=S)NC(=O)Cc2ccc(Cl)cc2)cc1. The molecular weight excluding hydrogens is 460 g/mol. The van der Waals surface area contributed by atoms with Crippen LogP contribution in [0.15, 0.2) is 72.8 Å². The van der Waals surface area contributed by atoms with Gasteiger partial charge in [0.15, 0.2) is 5.11 Å². The number of carbonyl (C=O) groups is 3. The number of hydrogen-bond donors (Lipinski definition) is 4. The molecule has 9 heteroatoms. The smallest absolute Gasteiger partial charge is 0.269 e. The number of hydrogen-bond acceptors (Lipinski definition) is 4. The van der Waals surface area contributed by atoms with Gasteiger partial charge in [-0.1, -0.05) is 41.9 Å². The molecule has 0 bridgehead atoms. The first-order valence-electron chi connectivity index (χ1n) is 9.93. The summed E-state index contributed by atoms with van der Waals surface area (Å²) in [6, 6.07) is 20.5. The van der Waals surface area contributed by atoms with Gasteiger partial charge in [0.05, 0.1) is 6.42 Å². The zero-order valence-corrected chi connectivity index (χ0v) is 19.2. The Morgan fingerprint density at radius 2 is 1.52 bits per heavy atom. The van der Waals surface area contributed by atoms with E-state index in [0.717, 1.165) is 11.1 Å². The fourth-order valence-electron chi connectivity index (χ4n) is 2.91. The Morgan fingerprint density at radius 1 is 0.848 bits per heavy atom. The number of amides is 3. The van der Waals surface area contributed by atoms with Crippen LogP contribution in [0.5, 0.6) is 0 Å². The van der Waals surface area contributed by atoms with Gasteiger partial charge in [0.1, 0.15) is 0 Å². The van der Waals surface area contributed by atoms with E-state index in [1.165, 1.54) is 0 Å². The quantitative estimate of drug-likeness (QED) is 0.329. The van der Waals surface area contributed by atoms with Crippen LogP contribution in [0.25, 0.3) is 0 Å². The summed E-state index contributed by atoms with van der Waals surface area (Å²) >= 11 is 10.9. The van der Waals surface area contributed by atoms with Crippen LogP contribution in [0, 0.1) is 6.92 Å². The van der Waals surface area contributed by atoms with Crippen molar-refractivity contribution in [2.24, 2.45) is 0 Å². The van der Waals surface area contributed by atoms with Crippen molar-refractivity contribution in [2.45, 2.75) is 13.3 Å². The summed E-state index contributed by atoms with van der Waals surface area (Å²) in [6.07, 6.45) is 0.114. The number of rotatable bonds is 5. The highest BCUT2D eigenvalue weighted by Crippen LogP contribution is 2.14. The van der Waals surface area contributed by atoms with Crippen LogP contribution in [0.3, 0.4) is 0 Å². The molecule has 168 valence electrons. The molecule has 4 N–H and O–H groups in total. The van der Waals surface area contributed by atoms with E-state index >= 15 is 0 Å². The highest BCUT2D eigenvalue weighted by Gasteiger charge is 2.11. The Kier molecular flexibility index (Phi) is 8.12. The predicted octanol–water partition coefficient (Wildman–Crippen LogP) is 3.78. The summed E-state index contributed by atoms with van der Waals surface area (Å²) < 4.78 is 0. The molecule has 0 aromatic heterocycles. The molecule has 0 saturated heterocycles. The third-order valence-electron chi connectivity index (χ3n) is 4.62. The molecule has 3 aromatic rings. The zero-order valence-electron chi connectivity index (χ0n) is 17.6. The lowest BCUT2D eigenvalue weighted by atomic mass is 10.1. The van der Waals surface area contributed by atoms with Crippen LogP contribution in [-0.2, 0) is 11.2 Å². The Balaban J connectivity index is 1.46. The van der Waals surface area contributed by atoms with Gasteiger partial charge < -0.3 is 10.6 Å². The minimum Gasteiger partial charge on any atom is -0.322 e. The van der Waals surface area contributed by atoms with Crippen molar-refractivity contribution in [1.82, 2.24) is 16.2 Å². The van der Waals surface area contributed by atoms with E-state index in [9.17, 15) is 14.4 Å². The van der Waals surface area contributed by atoms with Gasteiger partial charge in [-0.15, -0.1) is 0 Å². The van der Waals surface area contributed by atoms with Crippen molar-refractivity contribution in [3.63, 3.8) is 0 Å². The summed E-state index contributed by atoms with van der Waals surface area (Å²) in [5.41, 5.74) is 8.03. The Bertz CT molecular complexity index is 1180. The molecule has 0 spiro atoms. The average molecular weight is 481 g/mol. The molecule has 0 aliphatic carbocycles. The summed E-state index contributed by atoms with van der Waals surface area (Å²) in [5, 5.41) is 5.83. The van der Waals surface area contributed by atoms with Gasteiger partial charge in [0.2, 0.25) is 5.91 Å². The molecule has 3 aromatic carbocycles. The van der Waals surface area contributed by atoms with Crippen molar-refractivity contribution in [3.8, 4) is 0 Å². The number of nitrogens with one attached hydrogen (secondary N) is 4. The molecule has 0 aliphatic rings. The zero-order chi connectivity index (χ0) is 23.8. The number of carbonyl (C=O) groups excluding carboxylic acids is 3. The number of benzene rings is 3. The molecule has 0 radical (unpaired) electrons. The van der Waals surface area contributed by atoms with Gasteiger partial charge in [-0.2, -0.15) is 0 Å². The monoisotopic (exact) mass is 480 g/mol. The predicted molar refractivity (Wildman–Crippen MR) is 132 cm³/mol. The molecule has 33 heavy (non-hydrogen) atoms. The van der Waals surface area contributed by atoms with Crippen molar-refractivity contribution >= 4 is 52.3 Å². The molecule has 7 nitrogen and oxygen atoms in total. The van der Waals surface area contributed by atoms with E-state index < -0.39 is 5.91 Å². The highest BCUT2D eigenvalue weighted by atomic mass is 35.5. The second-order valence-electron chi connectivity index (χ2n) is 7.11. The van der Waals surface area contributed by atoms with Crippen LogP contribution in [-0.4, -0.2) is 22.8 Å². The van der Waals surface area contributed by atoms with Crippen LogP contribution >= 0.6 is 23.8 Å². The van der Waals surface area contributed by atoms with Crippen molar-refractivity contribution in [3.05, 3.63) is 100 Å². The maximum Gasteiger partial charge on any atom is 0.269 e. The maximum atomic E-state index is 12.4. The van der Waals surface area contributed by atoms with E-state index in [0.29, 0.717) is 21.8 Å². The summed E-state index contributed by atoms with van der Waals surface area (Å²) in [6.45, 7) is 1.86. The Morgan fingerprint density at radius 3 is 2.18 bits per heavy atom. The van der Waals surface area contributed by atoms with Crippen LogP contribution in [0.1, 0.15) is 31.8 Å². The first kappa shape index (κ1) is 23.9. The molecule has 3 rings (SSSR count). The van der Waals surface area contributed by atoms with Gasteiger partial charge in [0, 0.05) is 21.8 Å². The fourth-order valence-corrected chi connectivity index (χ4v) is 3.20. The van der Waals surface area contributed by atoms with Gasteiger partial charge in [0.25, 0.3) is 11.8 Å². The van der Waals surface area contributed by atoms with Gasteiger partial charge in [-0.05, 0) is 72.7 Å². The number of hydrazine groups is 1. The number of thiocarbonyl (C=S) groups is 1. The molecule has 0 unspecified atom stereocenters. The van der Waals surface area contributed by atoms with E-state index in [1.54, 1.807) is 60.7 Å². The molecule has 0 atom stereocenters. The highest BCUT2D eigenvalue weighted by molar-refractivity contribution is 7.80. The van der Waals surface area contributed by atoms with Gasteiger partial charge >= 0.3 is 0 Å². The summed E-state index contributed by atoms with van der Waals surface area (Å²) in [4.78, 5) is 36.8. The normalized spacial score (nSPS) is 10.1. The third-order valence-corrected chi connectivity index (χ3v) is 5.07. The standard InChI is InChI=1S/C24H21ClN4O3S/c1-15-4-2-3-5-20(15)23(32)26-19-12-8-17(9-13-19)22(31)28-29-24(33)27-21(30)14-16-6-10-18(25)11-7-16/h2-13H,14H2,1H3,(H,26,32)(H,28,31)(H2,27,29,30,33). The Labute approximate surface area is 201 Å².